The summed E-state index contributed by atoms with van der Waals surface area (Å²) in [5.74, 6) is 0. The normalized spacial score (nSPS) is 17.2. The molecular weight excluding hydrogens is 282 g/mol. The molecule has 0 bridgehead atoms. The van der Waals surface area contributed by atoms with Gasteiger partial charge in [0.2, 0.25) is 5.16 Å². The van der Waals surface area contributed by atoms with E-state index in [0.717, 1.165) is 16.5 Å². The summed E-state index contributed by atoms with van der Waals surface area (Å²) in [6.07, 6.45) is 5.81. The maximum absolute atomic E-state index is 6.21. The van der Waals surface area contributed by atoms with E-state index in [0.29, 0.717) is 6.04 Å². The molecule has 0 saturated heterocycles. The van der Waals surface area contributed by atoms with Crippen molar-refractivity contribution >= 4 is 11.8 Å². The Morgan fingerprint density at radius 1 is 1.33 bits per heavy atom. The lowest BCUT2D eigenvalue weighted by atomic mass is 10.1. The highest BCUT2D eigenvalue weighted by atomic mass is 32.2. The van der Waals surface area contributed by atoms with Gasteiger partial charge in [0.1, 0.15) is 0 Å². The van der Waals surface area contributed by atoms with Crippen LogP contribution in [0.2, 0.25) is 0 Å². The van der Waals surface area contributed by atoms with Gasteiger partial charge in [-0.05, 0) is 53.1 Å². The van der Waals surface area contributed by atoms with E-state index >= 15 is 0 Å². The number of nitrogens with two attached hydrogens (primary N) is 1. The molecule has 5 nitrogen and oxygen atoms in total. The fourth-order valence-electron chi connectivity index (χ4n) is 2.83. The Hall–Kier alpha value is -1.40. The molecule has 0 unspecified atom stereocenters. The van der Waals surface area contributed by atoms with E-state index in [1.54, 1.807) is 11.8 Å². The lowest BCUT2D eigenvalue weighted by Gasteiger charge is -2.15. The lowest BCUT2D eigenvalue weighted by Crippen LogP contribution is -2.11. The fourth-order valence-corrected chi connectivity index (χ4v) is 3.87. The minimum atomic E-state index is 0.0597. The van der Waals surface area contributed by atoms with E-state index in [2.05, 4.69) is 34.6 Å². The number of nitrogens with zero attached hydrogens (tertiary/aromatic N) is 4. The molecule has 0 radical (unpaired) electrons. The second-order valence-corrected chi connectivity index (χ2v) is 6.51. The maximum atomic E-state index is 6.21. The van der Waals surface area contributed by atoms with Gasteiger partial charge >= 0.3 is 0 Å². The van der Waals surface area contributed by atoms with Gasteiger partial charge in [0.05, 0.1) is 6.04 Å². The van der Waals surface area contributed by atoms with Crippen molar-refractivity contribution in [2.24, 2.45) is 5.73 Å². The average molecular weight is 303 g/mol. The van der Waals surface area contributed by atoms with Crippen LogP contribution in [0.5, 0.6) is 0 Å². The Morgan fingerprint density at radius 3 is 2.86 bits per heavy atom. The third-order valence-electron chi connectivity index (χ3n) is 4.09. The van der Waals surface area contributed by atoms with Gasteiger partial charge in [0, 0.05) is 10.9 Å². The van der Waals surface area contributed by atoms with Gasteiger partial charge in [0.15, 0.2) is 0 Å². The molecule has 1 aromatic heterocycles. The fraction of sp³-hybridized carbons (Fsp3) is 0.533. The summed E-state index contributed by atoms with van der Waals surface area (Å²) in [7, 11) is 0. The molecule has 1 aliphatic rings. The number of aromatic nitrogens is 4. The van der Waals surface area contributed by atoms with Crippen LogP contribution in [-0.2, 0) is 0 Å². The molecule has 1 aromatic carbocycles. The minimum Gasteiger partial charge on any atom is -0.324 e. The van der Waals surface area contributed by atoms with Crippen molar-refractivity contribution in [3.05, 3.63) is 29.8 Å². The zero-order valence-corrected chi connectivity index (χ0v) is 13.1. The van der Waals surface area contributed by atoms with Gasteiger partial charge in [-0.2, -0.15) is 0 Å². The zero-order chi connectivity index (χ0) is 14.7. The van der Waals surface area contributed by atoms with Crippen LogP contribution < -0.4 is 5.73 Å². The van der Waals surface area contributed by atoms with Crippen LogP contribution in [0.4, 0.5) is 0 Å². The topological polar surface area (TPSA) is 69.6 Å². The van der Waals surface area contributed by atoms with Crippen LogP contribution >= 0.6 is 11.8 Å². The van der Waals surface area contributed by atoms with E-state index < -0.39 is 0 Å². The molecule has 112 valence electrons. The third kappa shape index (κ3) is 3.11. The molecule has 1 heterocycles. The van der Waals surface area contributed by atoms with Crippen LogP contribution in [0.3, 0.4) is 0 Å². The summed E-state index contributed by atoms with van der Waals surface area (Å²) in [4.78, 5) is 1.15. The van der Waals surface area contributed by atoms with E-state index in [1.807, 2.05) is 16.8 Å². The lowest BCUT2D eigenvalue weighted by molar-refractivity contribution is 0.423. The molecule has 1 fully saturated rings. The second-order valence-electron chi connectivity index (χ2n) is 5.50. The van der Waals surface area contributed by atoms with Crippen LogP contribution in [0.15, 0.2) is 34.3 Å². The first-order chi connectivity index (χ1) is 10.3. The average Bonchev–Trinajstić information content (AvgIpc) is 3.17. The van der Waals surface area contributed by atoms with Crippen LogP contribution in [0.25, 0.3) is 0 Å². The van der Waals surface area contributed by atoms with Gasteiger partial charge in [-0.1, -0.05) is 38.0 Å². The molecule has 1 saturated carbocycles. The van der Waals surface area contributed by atoms with Crippen molar-refractivity contribution in [3.8, 4) is 0 Å². The monoisotopic (exact) mass is 303 g/mol. The third-order valence-corrected chi connectivity index (χ3v) is 5.14. The molecule has 2 N–H and O–H groups in total. The SMILES string of the molecule is CC[C@@H](N)c1ccccc1Sc1nnnn1C1CCCC1. The summed E-state index contributed by atoms with van der Waals surface area (Å²) in [5, 5.41) is 13.1. The number of rotatable bonds is 5. The van der Waals surface area contributed by atoms with Crippen molar-refractivity contribution in [2.75, 3.05) is 0 Å². The van der Waals surface area contributed by atoms with Gasteiger partial charge in [-0.15, -0.1) is 5.10 Å². The quantitative estimate of drug-likeness (QED) is 0.917. The molecule has 6 heteroatoms. The number of tetrazole rings is 1. The largest absolute Gasteiger partial charge is 0.324 e. The van der Waals surface area contributed by atoms with Gasteiger partial charge < -0.3 is 5.73 Å². The highest BCUT2D eigenvalue weighted by Crippen LogP contribution is 2.36. The molecular formula is C15H21N5S. The highest BCUT2D eigenvalue weighted by molar-refractivity contribution is 7.99. The van der Waals surface area contributed by atoms with Crippen LogP contribution in [0, 0.1) is 0 Å². The summed E-state index contributed by atoms with van der Waals surface area (Å²) < 4.78 is 1.99. The van der Waals surface area contributed by atoms with Gasteiger partial charge in [-0.3, -0.25) is 0 Å². The van der Waals surface area contributed by atoms with Crippen LogP contribution in [0.1, 0.15) is 56.7 Å². The summed E-state index contributed by atoms with van der Waals surface area (Å²) in [5.41, 5.74) is 7.38. The standard InChI is InChI=1S/C15H21N5S/c1-2-13(16)12-9-5-6-10-14(12)21-15-17-18-19-20(15)11-7-3-4-8-11/h5-6,9-11,13H,2-4,7-8,16H2,1H3/t13-/m1/s1. The van der Waals surface area contributed by atoms with E-state index in [9.17, 15) is 0 Å². The molecule has 0 amide bonds. The predicted octanol–water partition coefficient (Wildman–Crippen LogP) is 3.35. The summed E-state index contributed by atoms with van der Waals surface area (Å²) >= 11 is 1.62. The van der Waals surface area contributed by atoms with E-state index in [-0.39, 0.29) is 6.04 Å². The minimum absolute atomic E-state index is 0.0597. The van der Waals surface area contributed by atoms with E-state index in [4.69, 9.17) is 5.73 Å². The van der Waals surface area contributed by atoms with Crippen molar-refractivity contribution in [1.29, 1.82) is 0 Å². The first-order valence-corrected chi connectivity index (χ1v) is 8.41. The van der Waals surface area contributed by atoms with Gasteiger partial charge in [-0.25, -0.2) is 4.68 Å². The van der Waals surface area contributed by atoms with Crippen molar-refractivity contribution in [3.63, 3.8) is 0 Å². The molecule has 21 heavy (non-hydrogen) atoms. The molecule has 2 aromatic rings. The highest BCUT2D eigenvalue weighted by Gasteiger charge is 2.22. The number of benzene rings is 1. The Morgan fingerprint density at radius 2 is 2.10 bits per heavy atom. The summed E-state index contributed by atoms with van der Waals surface area (Å²) in [6, 6.07) is 8.79. The first kappa shape index (κ1) is 14.5. The Bertz CT molecular complexity index is 591. The molecule has 1 aliphatic carbocycles. The van der Waals surface area contributed by atoms with Crippen molar-refractivity contribution in [1.82, 2.24) is 20.2 Å². The van der Waals surface area contributed by atoms with E-state index in [1.165, 1.54) is 31.2 Å². The predicted molar refractivity (Wildman–Crippen MR) is 83.1 cm³/mol. The Kier molecular flexibility index (Phi) is 4.55. The zero-order valence-electron chi connectivity index (χ0n) is 12.3. The van der Waals surface area contributed by atoms with Crippen molar-refractivity contribution < 1.29 is 0 Å². The second kappa shape index (κ2) is 6.58. The molecule has 3 rings (SSSR count). The number of hydrogen-bond acceptors (Lipinski definition) is 5. The van der Waals surface area contributed by atoms with Gasteiger partial charge in [0.25, 0.3) is 0 Å². The number of hydrogen-bond donors (Lipinski definition) is 1. The molecule has 1 atom stereocenters. The van der Waals surface area contributed by atoms with Crippen molar-refractivity contribution in [2.45, 2.75) is 61.2 Å². The first-order valence-electron chi connectivity index (χ1n) is 7.59. The Balaban J connectivity index is 1.86. The Labute approximate surface area is 129 Å². The molecule has 0 spiro atoms. The summed E-state index contributed by atoms with van der Waals surface area (Å²) in [6.45, 7) is 2.11. The molecule has 0 aliphatic heterocycles. The smallest absolute Gasteiger partial charge is 0.214 e. The van der Waals surface area contributed by atoms with Crippen LogP contribution in [-0.4, -0.2) is 20.2 Å². The maximum Gasteiger partial charge on any atom is 0.214 e.